The highest BCUT2D eigenvalue weighted by Crippen LogP contribution is 2.07. The fourth-order valence-corrected chi connectivity index (χ4v) is 2.24. The number of ether oxygens (including phenoxy) is 1. The minimum absolute atomic E-state index is 0.0381. The van der Waals surface area contributed by atoms with Crippen molar-refractivity contribution in [2.45, 2.75) is 39.5 Å². The van der Waals surface area contributed by atoms with Crippen molar-refractivity contribution in [1.29, 1.82) is 0 Å². The van der Waals surface area contributed by atoms with Gasteiger partial charge in [-0.3, -0.25) is 14.4 Å². The Morgan fingerprint density at radius 2 is 1.50 bits per heavy atom. The topological polar surface area (TPSA) is 66.9 Å². The van der Waals surface area contributed by atoms with E-state index in [0.717, 1.165) is 6.42 Å². The van der Waals surface area contributed by atoms with Gasteiger partial charge in [-0.2, -0.15) is 0 Å². The van der Waals surface area contributed by atoms with Gasteiger partial charge >= 0.3 is 5.97 Å². The lowest BCUT2D eigenvalue weighted by Gasteiger charge is -2.21. The molecule has 0 saturated carbocycles. The van der Waals surface area contributed by atoms with Crippen molar-refractivity contribution in [3.63, 3.8) is 0 Å². The third-order valence-corrected chi connectivity index (χ3v) is 3.35. The first-order valence-electron chi connectivity index (χ1n) is 7.29. The number of carbonyl (C=O) groups excluding carboxylic acids is 3. The van der Waals surface area contributed by atoms with E-state index in [-0.39, 0.29) is 30.6 Å². The first-order valence-corrected chi connectivity index (χ1v) is 7.29. The molecule has 0 atom stereocenters. The Bertz CT molecular complexity index is 357. The van der Waals surface area contributed by atoms with Crippen LogP contribution < -0.4 is 0 Å². The molecule has 6 nitrogen and oxygen atoms in total. The van der Waals surface area contributed by atoms with Gasteiger partial charge in [0.05, 0.1) is 13.0 Å². The first-order chi connectivity index (χ1) is 9.58. The van der Waals surface area contributed by atoms with Crippen LogP contribution in [-0.2, 0) is 19.1 Å². The highest BCUT2D eigenvalue weighted by atomic mass is 16.5. The van der Waals surface area contributed by atoms with E-state index in [0.29, 0.717) is 39.2 Å². The Balaban J connectivity index is 2.38. The van der Waals surface area contributed by atoms with Crippen molar-refractivity contribution < 1.29 is 19.1 Å². The molecule has 1 saturated heterocycles. The third-order valence-electron chi connectivity index (χ3n) is 3.35. The number of amides is 2. The number of nitrogens with zero attached hydrogens (tertiary/aromatic N) is 2. The second kappa shape index (κ2) is 8.55. The van der Waals surface area contributed by atoms with Gasteiger partial charge in [-0.25, -0.2) is 0 Å². The van der Waals surface area contributed by atoms with E-state index in [2.05, 4.69) is 0 Å². The van der Waals surface area contributed by atoms with E-state index >= 15 is 0 Å². The van der Waals surface area contributed by atoms with Crippen molar-refractivity contribution in [2.24, 2.45) is 0 Å². The highest BCUT2D eigenvalue weighted by molar-refractivity contribution is 5.81. The molecule has 0 aromatic heterocycles. The van der Waals surface area contributed by atoms with Crippen LogP contribution in [0.1, 0.15) is 39.5 Å². The Morgan fingerprint density at radius 3 is 2.05 bits per heavy atom. The van der Waals surface area contributed by atoms with Gasteiger partial charge in [-0.1, -0.05) is 6.92 Å². The lowest BCUT2D eigenvalue weighted by Crippen LogP contribution is -2.37. The standard InChI is InChI=1S/C14H24N2O4/c1-3-12(17)15-8-5-9-16(11-10-15)13(18)6-7-14(19)20-4-2/h3-11H2,1-2H3. The maximum absolute atomic E-state index is 12.0. The van der Waals surface area contributed by atoms with Crippen LogP contribution >= 0.6 is 0 Å². The molecular formula is C14H24N2O4. The van der Waals surface area contributed by atoms with E-state index in [1.54, 1.807) is 16.7 Å². The SMILES string of the molecule is CCOC(=O)CCC(=O)N1CCCN(C(=O)CC)CC1. The van der Waals surface area contributed by atoms with Crippen molar-refractivity contribution in [2.75, 3.05) is 32.8 Å². The minimum Gasteiger partial charge on any atom is -0.466 e. The predicted molar refractivity (Wildman–Crippen MR) is 73.9 cm³/mol. The Hall–Kier alpha value is -1.59. The Morgan fingerprint density at radius 1 is 0.900 bits per heavy atom. The summed E-state index contributed by atoms with van der Waals surface area (Å²) in [5.41, 5.74) is 0. The molecule has 0 aliphatic carbocycles. The van der Waals surface area contributed by atoms with Crippen LogP contribution in [0.4, 0.5) is 0 Å². The number of esters is 1. The zero-order valence-electron chi connectivity index (χ0n) is 12.4. The molecule has 20 heavy (non-hydrogen) atoms. The van der Waals surface area contributed by atoms with Crippen LogP contribution in [0.15, 0.2) is 0 Å². The summed E-state index contributed by atoms with van der Waals surface area (Å²) in [6.07, 6.45) is 1.59. The maximum Gasteiger partial charge on any atom is 0.306 e. The molecule has 0 unspecified atom stereocenters. The average molecular weight is 284 g/mol. The molecule has 2 amide bonds. The molecule has 1 fully saturated rings. The van der Waals surface area contributed by atoms with Gasteiger partial charge in [0.15, 0.2) is 0 Å². The van der Waals surface area contributed by atoms with Crippen LogP contribution in [-0.4, -0.2) is 60.4 Å². The van der Waals surface area contributed by atoms with E-state index in [1.807, 2.05) is 6.92 Å². The molecule has 0 N–H and O–H groups in total. The van der Waals surface area contributed by atoms with Gasteiger partial charge < -0.3 is 14.5 Å². The average Bonchev–Trinajstić information content (AvgIpc) is 2.70. The fraction of sp³-hybridized carbons (Fsp3) is 0.786. The van der Waals surface area contributed by atoms with E-state index < -0.39 is 0 Å². The van der Waals surface area contributed by atoms with Crippen LogP contribution in [0.5, 0.6) is 0 Å². The van der Waals surface area contributed by atoms with E-state index in [4.69, 9.17) is 4.74 Å². The number of rotatable bonds is 5. The number of hydrogen-bond acceptors (Lipinski definition) is 4. The number of hydrogen-bond donors (Lipinski definition) is 0. The van der Waals surface area contributed by atoms with Gasteiger partial charge in [0.25, 0.3) is 0 Å². The molecule has 6 heteroatoms. The van der Waals surface area contributed by atoms with Crippen LogP contribution in [0.25, 0.3) is 0 Å². The summed E-state index contributed by atoms with van der Waals surface area (Å²) in [5, 5.41) is 0. The quantitative estimate of drug-likeness (QED) is 0.700. The molecule has 0 radical (unpaired) electrons. The molecule has 0 bridgehead atoms. The molecule has 1 aliphatic heterocycles. The summed E-state index contributed by atoms with van der Waals surface area (Å²) >= 11 is 0. The second-order valence-electron chi connectivity index (χ2n) is 4.77. The molecule has 1 heterocycles. The van der Waals surface area contributed by atoms with Crippen LogP contribution in [0.3, 0.4) is 0 Å². The van der Waals surface area contributed by atoms with Crippen molar-refractivity contribution >= 4 is 17.8 Å². The monoisotopic (exact) mass is 284 g/mol. The summed E-state index contributed by atoms with van der Waals surface area (Å²) in [4.78, 5) is 38.4. The second-order valence-corrected chi connectivity index (χ2v) is 4.77. The van der Waals surface area contributed by atoms with Gasteiger partial charge in [-0.05, 0) is 13.3 Å². The summed E-state index contributed by atoms with van der Waals surface area (Å²) in [6.45, 7) is 6.41. The maximum atomic E-state index is 12.0. The molecule has 1 rings (SSSR count). The van der Waals surface area contributed by atoms with Gasteiger partial charge in [-0.15, -0.1) is 0 Å². The van der Waals surface area contributed by atoms with Crippen molar-refractivity contribution in [1.82, 2.24) is 9.80 Å². The lowest BCUT2D eigenvalue weighted by atomic mass is 10.2. The van der Waals surface area contributed by atoms with Crippen LogP contribution in [0.2, 0.25) is 0 Å². The van der Waals surface area contributed by atoms with Gasteiger partial charge in [0.2, 0.25) is 11.8 Å². The molecular weight excluding hydrogens is 260 g/mol. The van der Waals surface area contributed by atoms with Gasteiger partial charge in [0, 0.05) is 39.0 Å². The zero-order valence-corrected chi connectivity index (χ0v) is 12.4. The summed E-state index contributed by atoms with van der Waals surface area (Å²) in [5.74, 6) is -0.242. The highest BCUT2D eigenvalue weighted by Gasteiger charge is 2.21. The predicted octanol–water partition coefficient (Wildman–Crippen LogP) is 0.801. The summed E-state index contributed by atoms with van der Waals surface area (Å²) < 4.78 is 4.80. The Labute approximate surface area is 120 Å². The molecule has 0 aromatic rings. The van der Waals surface area contributed by atoms with Crippen molar-refractivity contribution in [3.05, 3.63) is 0 Å². The fourth-order valence-electron chi connectivity index (χ4n) is 2.24. The van der Waals surface area contributed by atoms with Gasteiger partial charge in [0.1, 0.15) is 0 Å². The van der Waals surface area contributed by atoms with E-state index in [1.165, 1.54) is 0 Å². The molecule has 0 aromatic carbocycles. The van der Waals surface area contributed by atoms with Crippen molar-refractivity contribution in [3.8, 4) is 0 Å². The van der Waals surface area contributed by atoms with E-state index in [9.17, 15) is 14.4 Å². The molecule has 0 spiro atoms. The lowest BCUT2D eigenvalue weighted by molar-refractivity contribution is -0.145. The smallest absolute Gasteiger partial charge is 0.306 e. The Kier molecular flexibility index (Phi) is 7.04. The summed E-state index contributed by atoms with van der Waals surface area (Å²) in [7, 11) is 0. The summed E-state index contributed by atoms with van der Waals surface area (Å²) in [6, 6.07) is 0. The normalized spacial score (nSPS) is 15.7. The number of carbonyl (C=O) groups is 3. The largest absolute Gasteiger partial charge is 0.466 e. The first kappa shape index (κ1) is 16.5. The molecule has 1 aliphatic rings. The minimum atomic E-state index is -0.335. The molecule has 114 valence electrons. The third kappa shape index (κ3) is 5.19. The zero-order chi connectivity index (χ0) is 15.0. The van der Waals surface area contributed by atoms with Crippen LogP contribution in [0, 0.1) is 0 Å².